The molecule has 1 unspecified atom stereocenters. The van der Waals surface area contributed by atoms with Crippen LogP contribution in [0.15, 0.2) is 60.0 Å². The number of nitrogens with one attached hydrogen (secondary N) is 1. The third kappa shape index (κ3) is 4.08. The lowest BCUT2D eigenvalue weighted by Crippen LogP contribution is -2.43. The van der Waals surface area contributed by atoms with E-state index in [2.05, 4.69) is 29.3 Å². The minimum absolute atomic E-state index is 0.168. The van der Waals surface area contributed by atoms with Crippen LogP contribution in [0.5, 0.6) is 0 Å². The molecule has 2 aromatic heterocycles. The Bertz CT molecular complexity index is 1170. The van der Waals surface area contributed by atoms with Crippen molar-refractivity contribution in [1.29, 1.82) is 0 Å². The van der Waals surface area contributed by atoms with E-state index in [1.807, 2.05) is 47.2 Å². The van der Waals surface area contributed by atoms with Crippen LogP contribution >= 0.6 is 0 Å². The molecule has 1 amide bonds. The topological polar surface area (TPSA) is 94.8 Å². The molecule has 0 saturated heterocycles. The molecule has 0 radical (unpaired) electrons. The second kappa shape index (κ2) is 8.82. The summed E-state index contributed by atoms with van der Waals surface area (Å²) in [5.41, 5.74) is 1.59. The average Bonchev–Trinajstić information content (AvgIpc) is 3.42. The molecule has 32 heavy (non-hydrogen) atoms. The number of amides is 1. The number of ether oxygens (including phenoxy) is 1. The molecule has 1 aliphatic heterocycles. The fourth-order valence-corrected chi connectivity index (χ4v) is 3.98. The van der Waals surface area contributed by atoms with Gasteiger partial charge in [0.2, 0.25) is 5.60 Å². The standard InChI is InChI=1S/C24H26N4O4/c1-16(2)28-12-10-19-20(9-11-25-21(19)28)22(29)26-15-18-14-24(32-27-18,23(30)31-3)13-17-7-5-4-6-8-17/h4-12,16H,13-15H2,1-3H3,(H,26,29). The molecule has 0 fully saturated rings. The van der Waals surface area contributed by atoms with E-state index >= 15 is 0 Å². The SMILES string of the molecule is COC(=O)C1(Cc2ccccc2)CC(CNC(=O)c2ccnc3c2ccn3C(C)C)=NO1. The van der Waals surface area contributed by atoms with Gasteiger partial charge in [-0.1, -0.05) is 35.5 Å². The zero-order valence-corrected chi connectivity index (χ0v) is 18.4. The molecule has 1 aromatic carbocycles. The van der Waals surface area contributed by atoms with E-state index in [0.717, 1.165) is 16.6 Å². The molecule has 0 bridgehead atoms. The van der Waals surface area contributed by atoms with Gasteiger partial charge in [-0.25, -0.2) is 9.78 Å². The van der Waals surface area contributed by atoms with Crippen molar-refractivity contribution in [1.82, 2.24) is 14.9 Å². The molecule has 166 valence electrons. The predicted molar refractivity (Wildman–Crippen MR) is 120 cm³/mol. The van der Waals surface area contributed by atoms with E-state index in [1.165, 1.54) is 7.11 Å². The van der Waals surface area contributed by atoms with E-state index in [-0.39, 0.29) is 24.9 Å². The molecule has 4 rings (SSSR count). The van der Waals surface area contributed by atoms with Gasteiger partial charge in [0.15, 0.2) is 0 Å². The van der Waals surface area contributed by atoms with Gasteiger partial charge >= 0.3 is 5.97 Å². The van der Waals surface area contributed by atoms with Gasteiger partial charge in [0, 0.05) is 36.7 Å². The van der Waals surface area contributed by atoms with Crippen molar-refractivity contribution >= 4 is 28.6 Å². The van der Waals surface area contributed by atoms with Crippen LogP contribution in [0.25, 0.3) is 11.0 Å². The average molecular weight is 434 g/mol. The summed E-state index contributed by atoms with van der Waals surface area (Å²) in [7, 11) is 1.33. The Morgan fingerprint density at radius 3 is 2.72 bits per heavy atom. The highest BCUT2D eigenvalue weighted by Gasteiger charge is 2.47. The Kier molecular flexibility index (Phi) is 5.94. The lowest BCUT2D eigenvalue weighted by Gasteiger charge is -2.23. The fourth-order valence-electron chi connectivity index (χ4n) is 3.98. The van der Waals surface area contributed by atoms with Gasteiger partial charge in [-0.2, -0.15) is 0 Å². The van der Waals surface area contributed by atoms with Crippen molar-refractivity contribution < 1.29 is 19.2 Å². The van der Waals surface area contributed by atoms with Crippen molar-refractivity contribution in [2.45, 2.75) is 38.3 Å². The largest absolute Gasteiger partial charge is 0.466 e. The van der Waals surface area contributed by atoms with Gasteiger partial charge in [0.1, 0.15) is 5.65 Å². The van der Waals surface area contributed by atoms with Crippen molar-refractivity contribution in [3.8, 4) is 0 Å². The number of benzene rings is 1. The van der Waals surface area contributed by atoms with E-state index in [0.29, 0.717) is 17.7 Å². The Hall–Kier alpha value is -3.68. The molecule has 0 aliphatic carbocycles. The van der Waals surface area contributed by atoms with E-state index < -0.39 is 11.6 Å². The van der Waals surface area contributed by atoms with E-state index in [4.69, 9.17) is 9.57 Å². The fraction of sp³-hybridized carbons (Fsp3) is 0.333. The summed E-state index contributed by atoms with van der Waals surface area (Å²) in [4.78, 5) is 35.4. The number of hydrogen-bond acceptors (Lipinski definition) is 6. The van der Waals surface area contributed by atoms with E-state index in [1.54, 1.807) is 12.3 Å². The zero-order chi connectivity index (χ0) is 22.7. The van der Waals surface area contributed by atoms with Crippen LogP contribution in [0, 0.1) is 0 Å². The number of hydrogen-bond donors (Lipinski definition) is 1. The summed E-state index contributed by atoms with van der Waals surface area (Å²) >= 11 is 0. The minimum atomic E-state index is -1.23. The quantitative estimate of drug-likeness (QED) is 0.576. The van der Waals surface area contributed by atoms with Crippen LogP contribution in [0.2, 0.25) is 0 Å². The number of methoxy groups -OCH3 is 1. The summed E-state index contributed by atoms with van der Waals surface area (Å²) < 4.78 is 7.01. The molecule has 8 nitrogen and oxygen atoms in total. The highest BCUT2D eigenvalue weighted by molar-refractivity contribution is 6.07. The molecule has 8 heteroatoms. The molecule has 1 atom stereocenters. The molecule has 0 spiro atoms. The number of rotatable bonds is 7. The van der Waals surface area contributed by atoms with Gasteiger partial charge in [0.05, 0.1) is 24.9 Å². The highest BCUT2D eigenvalue weighted by Crippen LogP contribution is 2.30. The molecule has 3 heterocycles. The Morgan fingerprint density at radius 1 is 1.22 bits per heavy atom. The van der Waals surface area contributed by atoms with Crippen LogP contribution in [0.3, 0.4) is 0 Å². The summed E-state index contributed by atoms with van der Waals surface area (Å²) in [5.74, 6) is -0.725. The van der Waals surface area contributed by atoms with Gasteiger partial charge in [-0.15, -0.1) is 0 Å². The Morgan fingerprint density at radius 2 is 2.00 bits per heavy atom. The van der Waals surface area contributed by atoms with Gasteiger partial charge < -0.3 is 19.5 Å². The summed E-state index contributed by atoms with van der Waals surface area (Å²) in [6.45, 7) is 4.30. The molecule has 1 aliphatic rings. The Balaban J connectivity index is 1.46. The summed E-state index contributed by atoms with van der Waals surface area (Å²) in [5, 5.41) is 7.77. The lowest BCUT2D eigenvalue weighted by atomic mass is 9.89. The second-order valence-electron chi connectivity index (χ2n) is 8.17. The first-order valence-corrected chi connectivity index (χ1v) is 10.5. The maximum Gasteiger partial charge on any atom is 0.353 e. The number of pyridine rings is 1. The number of carbonyl (C=O) groups is 2. The first kappa shape index (κ1) is 21.5. The summed E-state index contributed by atoms with van der Waals surface area (Å²) in [6, 6.07) is 13.4. The molecule has 1 N–H and O–H groups in total. The van der Waals surface area contributed by atoms with Crippen LogP contribution < -0.4 is 5.32 Å². The van der Waals surface area contributed by atoms with Crippen LogP contribution in [0.4, 0.5) is 0 Å². The van der Waals surface area contributed by atoms with Gasteiger partial charge in [0.25, 0.3) is 5.91 Å². The second-order valence-corrected chi connectivity index (χ2v) is 8.17. The van der Waals surface area contributed by atoms with Crippen molar-refractivity contribution in [2.24, 2.45) is 5.16 Å². The first-order chi connectivity index (χ1) is 15.4. The maximum absolute atomic E-state index is 12.9. The van der Waals surface area contributed by atoms with Crippen LogP contribution in [-0.4, -0.2) is 46.4 Å². The highest BCUT2D eigenvalue weighted by atomic mass is 16.7. The maximum atomic E-state index is 12.9. The lowest BCUT2D eigenvalue weighted by molar-refractivity contribution is -0.166. The summed E-state index contributed by atoms with van der Waals surface area (Å²) in [6.07, 6.45) is 4.14. The number of esters is 1. The molecule has 3 aromatic rings. The normalized spacial score (nSPS) is 17.8. The number of oxime groups is 1. The predicted octanol–water partition coefficient (Wildman–Crippen LogP) is 3.28. The molecular weight excluding hydrogens is 408 g/mol. The monoisotopic (exact) mass is 434 g/mol. The van der Waals surface area contributed by atoms with Crippen molar-refractivity contribution in [2.75, 3.05) is 13.7 Å². The van der Waals surface area contributed by atoms with Crippen molar-refractivity contribution in [3.63, 3.8) is 0 Å². The molecule has 0 saturated carbocycles. The minimum Gasteiger partial charge on any atom is -0.466 e. The number of nitrogens with zero attached hydrogens (tertiary/aromatic N) is 3. The number of fused-ring (bicyclic) bond motifs is 1. The Labute approximate surface area is 186 Å². The smallest absolute Gasteiger partial charge is 0.353 e. The van der Waals surface area contributed by atoms with E-state index in [9.17, 15) is 9.59 Å². The molecular formula is C24H26N4O4. The van der Waals surface area contributed by atoms with Crippen LogP contribution in [-0.2, 0) is 20.8 Å². The number of carbonyl (C=O) groups excluding carboxylic acids is 2. The van der Waals surface area contributed by atoms with Crippen molar-refractivity contribution in [3.05, 3.63) is 66.0 Å². The van der Waals surface area contributed by atoms with Crippen LogP contribution in [0.1, 0.15) is 42.2 Å². The third-order valence-corrected chi connectivity index (χ3v) is 5.60. The third-order valence-electron chi connectivity index (χ3n) is 5.60. The van der Waals surface area contributed by atoms with Gasteiger partial charge in [-0.05, 0) is 31.5 Å². The van der Waals surface area contributed by atoms with Gasteiger partial charge in [-0.3, -0.25) is 4.79 Å². The number of aromatic nitrogens is 2. The first-order valence-electron chi connectivity index (χ1n) is 10.5. The zero-order valence-electron chi connectivity index (χ0n) is 18.4.